The Morgan fingerprint density at radius 2 is 1.88 bits per heavy atom. The number of thioether (sulfide) groups is 1. The van der Waals surface area contributed by atoms with Crippen molar-refractivity contribution in [2.45, 2.75) is 6.18 Å². The van der Waals surface area contributed by atoms with E-state index in [9.17, 15) is 27.2 Å². The van der Waals surface area contributed by atoms with Gasteiger partial charge in [0.1, 0.15) is 10.1 Å². The van der Waals surface area contributed by atoms with Crippen LogP contribution in [0.4, 0.5) is 22.7 Å². The third-order valence-corrected chi connectivity index (χ3v) is 6.34. The first kappa shape index (κ1) is 23.1. The Balaban J connectivity index is 1.48. The summed E-state index contributed by atoms with van der Waals surface area (Å²) in [6, 6.07) is 9.30. The fraction of sp³-hybridized carbons (Fsp3) is 0.0476. The minimum Gasteiger partial charge on any atom is -0.307 e. The highest BCUT2D eigenvalue weighted by Gasteiger charge is 2.35. The second-order valence-electron chi connectivity index (χ2n) is 6.63. The number of benzene rings is 2. The largest absolute Gasteiger partial charge is 0.419 e. The van der Waals surface area contributed by atoms with Crippen molar-refractivity contribution in [3.8, 4) is 11.3 Å². The number of rotatable bonds is 4. The highest BCUT2D eigenvalue weighted by molar-refractivity contribution is 8.26. The Labute approximate surface area is 197 Å². The summed E-state index contributed by atoms with van der Waals surface area (Å²) in [7, 11) is 0. The van der Waals surface area contributed by atoms with Crippen LogP contribution in [-0.4, -0.2) is 21.1 Å². The van der Waals surface area contributed by atoms with Gasteiger partial charge >= 0.3 is 6.18 Å². The number of halogens is 4. The monoisotopic (exact) mass is 509 g/mol. The van der Waals surface area contributed by atoms with Crippen molar-refractivity contribution in [1.29, 1.82) is 0 Å². The van der Waals surface area contributed by atoms with E-state index in [2.05, 4.69) is 15.6 Å². The maximum absolute atomic E-state index is 14.3. The Bertz CT molecular complexity index is 1300. The number of anilines is 1. The van der Waals surface area contributed by atoms with Gasteiger partial charge in [-0.1, -0.05) is 42.2 Å². The average molecular weight is 510 g/mol. The summed E-state index contributed by atoms with van der Waals surface area (Å²) in [5.74, 6) is -2.22. The van der Waals surface area contributed by atoms with Crippen LogP contribution in [0.15, 0.2) is 52.7 Å². The van der Waals surface area contributed by atoms with Gasteiger partial charge in [-0.05, 0) is 35.9 Å². The van der Waals surface area contributed by atoms with Crippen LogP contribution in [0.25, 0.3) is 17.3 Å². The number of hydrogen-bond donors (Lipinski definition) is 2. The van der Waals surface area contributed by atoms with Gasteiger partial charge in [0.05, 0.1) is 16.2 Å². The third kappa shape index (κ3) is 5.13. The SMILES string of the molecule is O=C1NC(=S)S/C1=C\c1ccc(C(=O)Nc2nc(-c3cccc(C(F)(F)F)c3F)cs2)cc1. The maximum atomic E-state index is 14.3. The van der Waals surface area contributed by atoms with E-state index < -0.39 is 23.5 Å². The van der Waals surface area contributed by atoms with E-state index in [1.165, 1.54) is 11.4 Å². The van der Waals surface area contributed by atoms with Crippen LogP contribution in [0.3, 0.4) is 0 Å². The molecule has 0 unspecified atom stereocenters. The van der Waals surface area contributed by atoms with Gasteiger partial charge < -0.3 is 5.32 Å². The standard InChI is InChI=1S/C21H11F4N3O2S3/c22-16-12(2-1-3-13(16)21(23,24)25)14-9-32-19(26-14)27-17(29)11-6-4-10(5-7-11)8-15-18(30)28-20(31)33-15/h1-9H,(H,26,27,29)(H,28,30,31)/b15-8-. The van der Waals surface area contributed by atoms with Gasteiger partial charge in [-0.15, -0.1) is 11.3 Å². The summed E-state index contributed by atoms with van der Waals surface area (Å²) in [6.07, 6.45) is -3.20. The number of nitrogens with one attached hydrogen (secondary N) is 2. The Morgan fingerprint density at radius 1 is 1.15 bits per heavy atom. The quantitative estimate of drug-likeness (QED) is 0.268. The van der Waals surface area contributed by atoms with Gasteiger partial charge in [0, 0.05) is 16.5 Å². The molecule has 2 amide bonds. The van der Waals surface area contributed by atoms with Crippen LogP contribution in [0, 0.1) is 5.82 Å². The molecule has 1 aromatic heterocycles. The molecule has 3 aromatic rings. The Kier molecular flexibility index (Phi) is 6.32. The van der Waals surface area contributed by atoms with E-state index in [0.29, 0.717) is 20.9 Å². The number of carbonyl (C=O) groups excluding carboxylic acids is 2. The fourth-order valence-electron chi connectivity index (χ4n) is 2.88. The first-order valence-corrected chi connectivity index (χ1v) is 11.2. The van der Waals surface area contributed by atoms with Gasteiger partial charge in [-0.3, -0.25) is 14.9 Å². The molecule has 12 heteroatoms. The first-order chi connectivity index (χ1) is 15.6. The lowest BCUT2D eigenvalue weighted by Crippen LogP contribution is -2.17. The lowest BCUT2D eigenvalue weighted by molar-refractivity contribution is -0.139. The van der Waals surface area contributed by atoms with Gasteiger partial charge in [-0.25, -0.2) is 9.37 Å². The van der Waals surface area contributed by atoms with Crippen molar-refractivity contribution in [1.82, 2.24) is 10.3 Å². The van der Waals surface area contributed by atoms with Crippen molar-refractivity contribution < 1.29 is 27.2 Å². The summed E-state index contributed by atoms with van der Waals surface area (Å²) in [5.41, 5.74) is -0.744. The predicted octanol–water partition coefficient (Wildman–Crippen LogP) is 5.71. The number of hydrogen-bond acceptors (Lipinski definition) is 6. The van der Waals surface area contributed by atoms with E-state index in [1.54, 1.807) is 30.3 Å². The summed E-state index contributed by atoms with van der Waals surface area (Å²) >= 11 is 7.03. The molecule has 1 aliphatic rings. The summed E-state index contributed by atoms with van der Waals surface area (Å²) < 4.78 is 53.5. The van der Waals surface area contributed by atoms with Gasteiger partial charge in [0.2, 0.25) is 0 Å². The van der Waals surface area contributed by atoms with E-state index in [-0.39, 0.29) is 27.9 Å². The maximum Gasteiger partial charge on any atom is 0.419 e. The Hall–Kier alpha value is -3.09. The highest BCUT2D eigenvalue weighted by atomic mass is 32.2. The molecule has 2 heterocycles. The molecule has 1 aliphatic heterocycles. The Morgan fingerprint density at radius 3 is 2.52 bits per heavy atom. The van der Waals surface area contributed by atoms with Crippen LogP contribution in [0.5, 0.6) is 0 Å². The number of thiazole rings is 1. The lowest BCUT2D eigenvalue weighted by atomic mass is 10.1. The summed E-state index contributed by atoms with van der Waals surface area (Å²) in [4.78, 5) is 28.7. The molecule has 0 atom stereocenters. The molecular formula is C21H11F4N3O2S3. The number of alkyl halides is 3. The molecular weight excluding hydrogens is 498 g/mol. The van der Waals surface area contributed by atoms with Gasteiger partial charge in [0.15, 0.2) is 5.13 Å². The lowest BCUT2D eigenvalue weighted by Gasteiger charge is -2.09. The molecule has 0 bridgehead atoms. The normalized spacial score (nSPS) is 15.1. The van der Waals surface area contributed by atoms with Crippen LogP contribution in [0.1, 0.15) is 21.5 Å². The number of thiocarbonyl (C=S) groups is 1. The molecule has 2 aromatic carbocycles. The minimum atomic E-state index is -4.83. The molecule has 1 saturated heterocycles. The van der Waals surface area contributed by atoms with Crippen LogP contribution < -0.4 is 10.6 Å². The molecule has 4 rings (SSSR count). The highest BCUT2D eigenvalue weighted by Crippen LogP contribution is 2.36. The molecule has 0 saturated carbocycles. The molecule has 2 N–H and O–H groups in total. The van der Waals surface area contributed by atoms with E-state index in [4.69, 9.17) is 12.2 Å². The number of aromatic nitrogens is 1. The van der Waals surface area contributed by atoms with Gasteiger partial charge in [-0.2, -0.15) is 13.2 Å². The number of nitrogens with zero attached hydrogens (tertiary/aromatic N) is 1. The predicted molar refractivity (Wildman–Crippen MR) is 123 cm³/mol. The molecule has 1 fully saturated rings. The second-order valence-corrected chi connectivity index (χ2v) is 9.21. The summed E-state index contributed by atoms with van der Waals surface area (Å²) in [6.45, 7) is 0. The van der Waals surface area contributed by atoms with Crippen molar-refractivity contribution in [3.63, 3.8) is 0 Å². The minimum absolute atomic E-state index is 0.0221. The van der Waals surface area contributed by atoms with Gasteiger partial charge in [0.25, 0.3) is 11.8 Å². The van der Waals surface area contributed by atoms with Crippen molar-refractivity contribution in [2.24, 2.45) is 0 Å². The molecule has 33 heavy (non-hydrogen) atoms. The van der Waals surface area contributed by atoms with Crippen LogP contribution in [0.2, 0.25) is 0 Å². The molecule has 5 nitrogen and oxygen atoms in total. The van der Waals surface area contributed by atoms with Crippen molar-refractivity contribution >= 4 is 62.7 Å². The molecule has 0 spiro atoms. The first-order valence-electron chi connectivity index (χ1n) is 9.09. The molecule has 168 valence electrons. The summed E-state index contributed by atoms with van der Waals surface area (Å²) in [5, 5.41) is 6.51. The van der Waals surface area contributed by atoms with E-state index in [1.807, 2.05) is 0 Å². The zero-order valence-corrected chi connectivity index (χ0v) is 18.6. The number of carbonyl (C=O) groups is 2. The zero-order valence-electron chi connectivity index (χ0n) is 16.2. The van der Waals surface area contributed by atoms with E-state index in [0.717, 1.165) is 29.2 Å². The topological polar surface area (TPSA) is 71.1 Å². The van der Waals surface area contributed by atoms with Crippen molar-refractivity contribution in [2.75, 3.05) is 5.32 Å². The zero-order chi connectivity index (χ0) is 23.8. The van der Waals surface area contributed by atoms with Crippen molar-refractivity contribution in [3.05, 3.63) is 75.3 Å². The number of amides is 2. The van der Waals surface area contributed by atoms with Crippen LogP contribution in [-0.2, 0) is 11.0 Å². The van der Waals surface area contributed by atoms with E-state index >= 15 is 0 Å². The average Bonchev–Trinajstić information content (AvgIpc) is 3.33. The molecule has 0 aliphatic carbocycles. The molecule has 0 radical (unpaired) electrons. The van der Waals surface area contributed by atoms with Crippen LogP contribution >= 0.6 is 35.3 Å². The third-order valence-electron chi connectivity index (χ3n) is 4.42. The second kappa shape index (κ2) is 9.04. The fourth-order valence-corrected chi connectivity index (χ4v) is 4.63. The smallest absolute Gasteiger partial charge is 0.307 e.